The average Bonchev–Trinajstić information content (AvgIpc) is 2.29. The molecule has 0 saturated carbocycles. The van der Waals surface area contributed by atoms with Crippen molar-refractivity contribution in [3.05, 3.63) is 52.4 Å². The van der Waals surface area contributed by atoms with E-state index in [1.165, 1.54) is 6.07 Å². The van der Waals surface area contributed by atoms with Crippen LogP contribution >= 0.6 is 15.9 Å². The molecule has 0 aliphatic carbocycles. The first-order valence-electron chi connectivity index (χ1n) is 5.20. The molecular formula is C13H12BrFN2. The van der Waals surface area contributed by atoms with E-state index in [1.54, 1.807) is 36.3 Å². The molecule has 17 heavy (non-hydrogen) atoms. The first-order chi connectivity index (χ1) is 8.09. The lowest BCUT2D eigenvalue weighted by molar-refractivity contribution is 0.627. The number of halogens is 2. The summed E-state index contributed by atoms with van der Waals surface area (Å²) >= 11 is 3.44. The molecule has 2 nitrogen and oxygen atoms in total. The van der Waals surface area contributed by atoms with Crippen LogP contribution in [0.3, 0.4) is 0 Å². The molecule has 0 spiro atoms. The number of para-hydroxylation sites is 1. The average molecular weight is 295 g/mol. The van der Waals surface area contributed by atoms with Crippen molar-refractivity contribution in [2.45, 2.75) is 6.92 Å². The Kier molecular flexibility index (Phi) is 3.43. The van der Waals surface area contributed by atoms with Gasteiger partial charge in [0.2, 0.25) is 0 Å². The molecule has 0 atom stereocenters. The summed E-state index contributed by atoms with van der Waals surface area (Å²) in [7, 11) is 1.79. The Hall–Kier alpha value is -1.42. The summed E-state index contributed by atoms with van der Waals surface area (Å²) in [4.78, 5) is 6.03. The lowest BCUT2D eigenvalue weighted by Gasteiger charge is -2.20. The second-order valence-corrected chi connectivity index (χ2v) is 4.68. The van der Waals surface area contributed by atoms with Crippen molar-refractivity contribution < 1.29 is 4.39 Å². The fourth-order valence-electron chi connectivity index (χ4n) is 1.61. The quantitative estimate of drug-likeness (QED) is 0.830. The number of aryl methyl sites for hydroxylation is 1. The molecule has 4 heteroatoms. The SMILES string of the molecule is Cc1cnc(N(C)c2ccccc2F)c(Br)c1. The highest BCUT2D eigenvalue weighted by atomic mass is 79.9. The summed E-state index contributed by atoms with van der Waals surface area (Å²) in [5.74, 6) is 0.435. The van der Waals surface area contributed by atoms with Crippen molar-refractivity contribution in [2.75, 3.05) is 11.9 Å². The van der Waals surface area contributed by atoms with Crippen molar-refractivity contribution in [2.24, 2.45) is 0 Å². The maximum Gasteiger partial charge on any atom is 0.147 e. The number of aromatic nitrogens is 1. The van der Waals surface area contributed by atoms with Crippen LogP contribution in [0, 0.1) is 12.7 Å². The van der Waals surface area contributed by atoms with Gasteiger partial charge in [-0.3, -0.25) is 0 Å². The molecular weight excluding hydrogens is 283 g/mol. The maximum absolute atomic E-state index is 13.7. The molecule has 0 radical (unpaired) electrons. The van der Waals surface area contributed by atoms with Gasteiger partial charge in [-0.1, -0.05) is 12.1 Å². The highest BCUT2D eigenvalue weighted by molar-refractivity contribution is 9.10. The third-order valence-corrected chi connectivity index (χ3v) is 3.07. The summed E-state index contributed by atoms with van der Waals surface area (Å²) in [6, 6.07) is 8.60. The Morgan fingerprint density at radius 3 is 2.65 bits per heavy atom. The second-order valence-electron chi connectivity index (χ2n) is 3.83. The third kappa shape index (κ3) is 2.47. The van der Waals surface area contributed by atoms with Gasteiger partial charge in [-0.2, -0.15) is 0 Å². The number of nitrogens with zero attached hydrogens (tertiary/aromatic N) is 2. The van der Waals surface area contributed by atoms with Crippen LogP contribution in [0.5, 0.6) is 0 Å². The van der Waals surface area contributed by atoms with Crippen molar-refractivity contribution in [1.29, 1.82) is 0 Å². The van der Waals surface area contributed by atoms with E-state index in [9.17, 15) is 4.39 Å². The number of pyridine rings is 1. The van der Waals surface area contributed by atoms with Crippen LogP contribution in [0.25, 0.3) is 0 Å². The zero-order valence-electron chi connectivity index (χ0n) is 9.61. The summed E-state index contributed by atoms with van der Waals surface area (Å²) in [5, 5.41) is 0. The standard InChI is InChI=1S/C13H12BrFN2/c1-9-7-10(14)13(16-8-9)17(2)12-6-4-3-5-11(12)15/h3-8H,1-2H3. The van der Waals surface area contributed by atoms with Crippen LogP contribution in [0.4, 0.5) is 15.9 Å². The molecule has 1 aromatic carbocycles. The summed E-state index contributed by atoms with van der Waals surface area (Å²) in [6.07, 6.45) is 1.76. The molecule has 0 aliphatic heterocycles. The van der Waals surface area contributed by atoms with Crippen molar-refractivity contribution in [3.8, 4) is 0 Å². The van der Waals surface area contributed by atoms with Gasteiger partial charge in [-0.05, 0) is 46.6 Å². The van der Waals surface area contributed by atoms with Gasteiger partial charge in [0.05, 0.1) is 10.2 Å². The second kappa shape index (κ2) is 4.84. The lowest BCUT2D eigenvalue weighted by Crippen LogP contribution is -2.13. The van der Waals surface area contributed by atoms with E-state index in [-0.39, 0.29) is 5.82 Å². The van der Waals surface area contributed by atoms with E-state index in [4.69, 9.17) is 0 Å². The predicted octanol–water partition coefficient (Wildman–Crippen LogP) is 4.06. The smallest absolute Gasteiger partial charge is 0.147 e. The Labute approximate surface area is 108 Å². The van der Waals surface area contributed by atoms with Gasteiger partial charge in [0, 0.05) is 13.2 Å². The molecule has 0 N–H and O–H groups in total. The Morgan fingerprint density at radius 2 is 2.00 bits per heavy atom. The molecule has 0 saturated heterocycles. The van der Waals surface area contributed by atoms with Gasteiger partial charge < -0.3 is 4.90 Å². The fourth-order valence-corrected chi connectivity index (χ4v) is 2.34. The van der Waals surface area contributed by atoms with E-state index >= 15 is 0 Å². The van der Waals surface area contributed by atoms with Gasteiger partial charge in [0.1, 0.15) is 11.6 Å². The van der Waals surface area contributed by atoms with E-state index in [1.807, 2.05) is 13.0 Å². The molecule has 0 unspecified atom stereocenters. The number of hydrogen-bond acceptors (Lipinski definition) is 2. The predicted molar refractivity (Wildman–Crippen MR) is 71.1 cm³/mol. The van der Waals surface area contributed by atoms with E-state index in [0.29, 0.717) is 11.5 Å². The zero-order chi connectivity index (χ0) is 12.4. The zero-order valence-corrected chi connectivity index (χ0v) is 11.2. The molecule has 0 amide bonds. The summed E-state index contributed by atoms with van der Waals surface area (Å²) in [6.45, 7) is 1.96. The molecule has 2 rings (SSSR count). The van der Waals surface area contributed by atoms with Crippen molar-refractivity contribution >= 4 is 27.4 Å². The van der Waals surface area contributed by atoms with Gasteiger partial charge >= 0.3 is 0 Å². The third-order valence-electron chi connectivity index (χ3n) is 2.49. The van der Waals surface area contributed by atoms with Gasteiger partial charge in [-0.15, -0.1) is 0 Å². The Bertz CT molecular complexity index is 543. The van der Waals surface area contributed by atoms with Crippen LogP contribution in [0.15, 0.2) is 41.0 Å². The lowest BCUT2D eigenvalue weighted by atomic mass is 10.2. The topological polar surface area (TPSA) is 16.1 Å². The van der Waals surface area contributed by atoms with Gasteiger partial charge in [0.15, 0.2) is 0 Å². The number of anilines is 2. The largest absolute Gasteiger partial charge is 0.326 e. The Morgan fingerprint density at radius 1 is 1.29 bits per heavy atom. The number of benzene rings is 1. The van der Waals surface area contributed by atoms with Crippen molar-refractivity contribution in [3.63, 3.8) is 0 Å². The molecule has 0 aliphatic rings. The number of rotatable bonds is 2. The normalized spacial score (nSPS) is 10.4. The minimum absolute atomic E-state index is 0.260. The van der Waals surface area contributed by atoms with E-state index in [0.717, 1.165) is 10.0 Å². The summed E-state index contributed by atoms with van der Waals surface area (Å²) in [5.41, 5.74) is 1.56. The monoisotopic (exact) mass is 294 g/mol. The minimum Gasteiger partial charge on any atom is -0.326 e. The fraction of sp³-hybridized carbons (Fsp3) is 0.154. The van der Waals surface area contributed by atoms with Crippen molar-refractivity contribution in [1.82, 2.24) is 4.98 Å². The maximum atomic E-state index is 13.7. The van der Waals surface area contributed by atoms with Gasteiger partial charge in [-0.25, -0.2) is 9.37 Å². The first kappa shape index (κ1) is 12.0. The van der Waals surface area contributed by atoms with E-state index in [2.05, 4.69) is 20.9 Å². The van der Waals surface area contributed by atoms with Crippen LogP contribution < -0.4 is 4.90 Å². The highest BCUT2D eigenvalue weighted by Crippen LogP contribution is 2.30. The first-order valence-corrected chi connectivity index (χ1v) is 5.99. The van der Waals surface area contributed by atoms with Crippen LogP contribution in [-0.4, -0.2) is 12.0 Å². The molecule has 2 aromatic rings. The molecule has 1 heterocycles. The minimum atomic E-state index is -0.260. The highest BCUT2D eigenvalue weighted by Gasteiger charge is 2.12. The molecule has 88 valence electrons. The molecule has 0 bridgehead atoms. The van der Waals surface area contributed by atoms with Gasteiger partial charge in [0.25, 0.3) is 0 Å². The molecule has 1 aromatic heterocycles. The molecule has 0 fully saturated rings. The summed E-state index contributed by atoms with van der Waals surface area (Å²) < 4.78 is 14.5. The van der Waals surface area contributed by atoms with Crippen LogP contribution in [-0.2, 0) is 0 Å². The van der Waals surface area contributed by atoms with E-state index < -0.39 is 0 Å². The van der Waals surface area contributed by atoms with Crippen LogP contribution in [0.1, 0.15) is 5.56 Å². The number of hydrogen-bond donors (Lipinski definition) is 0. The Balaban J connectivity index is 2.44. The van der Waals surface area contributed by atoms with Crippen LogP contribution in [0.2, 0.25) is 0 Å².